The summed E-state index contributed by atoms with van der Waals surface area (Å²) in [5.74, 6) is 1.51. The van der Waals surface area contributed by atoms with Crippen LogP contribution in [0.2, 0.25) is 5.15 Å². The molecule has 0 N–H and O–H groups in total. The Morgan fingerprint density at radius 3 is 2.23 bits per heavy atom. The van der Waals surface area contributed by atoms with Gasteiger partial charge in [0.05, 0.1) is 0 Å². The molecule has 1 aliphatic rings. The lowest BCUT2D eigenvalue weighted by Crippen LogP contribution is -2.48. The second kappa shape index (κ2) is 13.1. The first-order valence-corrected chi connectivity index (χ1v) is 14.5. The Morgan fingerprint density at radius 2 is 1.51 bits per heavy atom. The molecule has 1 saturated heterocycles. The highest BCUT2D eigenvalue weighted by atomic mass is 35.5. The van der Waals surface area contributed by atoms with E-state index < -0.39 is 0 Å². The van der Waals surface area contributed by atoms with Crippen molar-refractivity contribution in [3.8, 4) is 0 Å². The average Bonchev–Trinajstić information content (AvgIpc) is 2.97. The summed E-state index contributed by atoms with van der Waals surface area (Å²) in [6.45, 7) is 4.88. The zero-order valence-corrected chi connectivity index (χ0v) is 23.6. The second-order valence-electron chi connectivity index (χ2n) is 9.72. The molecular formula is C31H32ClN5OS. The fourth-order valence-corrected chi connectivity index (χ4v) is 5.68. The molecule has 3 aromatic carbocycles. The molecule has 39 heavy (non-hydrogen) atoms. The molecule has 0 spiro atoms. The van der Waals surface area contributed by atoms with Crippen LogP contribution in [0.25, 0.3) is 0 Å². The number of thioether (sulfide) groups is 1. The van der Waals surface area contributed by atoms with Gasteiger partial charge in [-0.25, -0.2) is 9.97 Å². The van der Waals surface area contributed by atoms with E-state index in [4.69, 9.17) is 16.6 Å². The third-order valence-electron chi connectivity index (χ3n) is 6.76. The number of amides is 1. The number of halogens is 1. The number of rotatable bonds is 9. The lowest BCUT2D eigenvalue weighted by Gasteiger charge is -2.34. The van der Waals surface area contributed by atoms with Crippen LogP contribution in [0.3, 0.4) is 0 Å². The highest BCUT2D eigenvalue weighted by molar-refractivity contribution is 7.98. The largest absolute Gasteiger partial charge is 0.355 e. The molecular weight excluding hydrogens is 526 g/mol. The second-order valence-corrected chi connectivity index (χ2v) is 11.0. The minimum atomic E-state index is 0.0880. The molecule has 0 atom stereocenters. The first kappa shape index (κ1) is 27.2. The molecule has 0 unspecified atom stereocenters. The molecule has 1 aliphatic heterocycles. The van der Waals surface area contributed by atoms with E-state index in [0.29, 0.717) is 16.1 Å². The fourth-order valence-electron chi connectivity index (χ4n) is 4.66. The molecule has 0 aliphatic carbocycles. The number of benzene rings is 3. The molecule has 200 valence electrons. The van der Waals surface area contributed by atoms with E-state index in [1.54, 1.807) is 6.07 Å². The van der Waals surface area contributed by atoms with Crippen LogP contribution in [0.1, 0.15) is 27.0 Å². The van der Waals surface area contributed by atoms with Crippen LogP contribution in [-0.2, 0) is 18.8 Å². The van der Waals surface area contributed by atoms with E-state index in [9.17, 15) is 4.79 Å². The van der Waals surface area contributed by atoms with Crippen molar-refractivity contribution in [2.75, 3.05) is 38.1 Å². The van der Waals surface area contributed by atoms with Gasteiger partial charge in [-0.15, -0.1) is 0 Å². The number of anilines is 1. The van der Waals surface area contributed by atoms with Crippen LogP contribution >= 0.6 is 23.4 Å². The first-order chi connectivity index (χ1) is 19.0. The summed E-state index contributed by atoms with van der Waals surface area (Å²) in [4.78, 5) is 28.8. The Hall–Kier alpha value is -3.39. The highest BCUT2D eigenvalue weighted by Crippen LogP contribution is 2.25. The van der Waals surface area contributed by atoms with Crippen molar-refractivity contribution in [3.63, 3.8) is 0 Å². The number of nitrogens with zero attached hydrogens (tertiary/aromatic N) is 5. The van der Waals surface area contributed by atoms with E-state index in [-0.39, 0.29) is 5.91 Å². The maximum absolute atomic E-state index is 13.3. The lowest BCUT2D eigenvalue weighted by molar-refractivity contribution is 0.0628. The minimum absolute atomic E-state index is 0.0880. The van der Waals surface area contributed by atoms with Crippen LogP contribution in [0.5, 0.6) is 0 Å². The van der Waals surface area contributed by atoms with Crippen LogP contribution < -0.4 is 4.90 Å². The number of hydrogen-bond donors (Lipinski definition) is 0. The van der Waals surface area contributed by atoms with Gasteiger partial charge >= 0.3 is 0 Å². The molecule has 6 nitrogen and oxygen atoms in total. The normalized spacial score (nSPS) is 13.8. The average molecular weight is 558 g/mol. The van der Waals surface area contributed by atoms with Gasteiger partial charge in [-0.3, -0.25) is 9.69 Å². The molecule has 1 aromatic heterocycles. The van der Waals surface area contributed by atoms with Crippen LogP contribution in [-0.4, -0.2) is 58.9 Å². The van der Waals surface area contributed by atoms with Gasteiger partial charge in [-0.05, 0) is 28.8 Å². The van der Waals surface area contributed by atoms with Gasteiger partial charge in [0.2, 0.25) is 0 Å². The maximum Gasteiger partial charge on any atom is 0.253 e. The molecule has 5 rings (SSSR count). The summed E-state index contributed by atoms with van der Waals surface area (Å²) in [5, 5.41) is 1.03. The number of piperazine rings is 1. The molecule has 0 saturated carbocycles. The predicted molar refractivity (Wildman–Crippen MR) is 159 cm³/mol. The summed E-state index contributed by atoms with van der Waals surface area (Å²) >= 11 is 7.86. The minimum Gasteiger partial charge on any atom is -0.355 e. The van der Waals surface area contributed by atoms with Crippen molar-refractivity contribution in [1.29, 1.82) is 0 Å². The molecule has 0 bridgehead atoms. The van der Waals surface area contributed by atoms with Crippen molar-refractivity contribution in [1.82, 2.24) is 19.8 Å². The summed E-state index contributed by atoms with van der Waals surface area (Å²) in [6, 6.07) is 30.4. The van der Waals surface area contributed by atoms with Gasteiger partial charge < -0.3 is 9.80 Å². The monoisotopic (exact) mass is 557 g/mol. The highest BCUT2D eigenvalue weighted by Gasteiger charge is 2.22. The van der Waals surface area contributed by atoms with Crippen LogP contribution in [0, 0.1) is 0 Å². The van der Waals surface area contributed by atoms with Gasteiger partial charge in [0, 0.05) is 63.7 Å². The SMILES string of the molecule is CN(Cc1ccccc1)c1cc(Cl)nc(SCc2cccc(C(=O)N3CCN(Cc4ccccc4)CC3)c2)n1. The molecule has 4 aromatic rings. The molecule has 1 amide bonds. The van der Waals surface area contributed by atoms with E-state index >= 15 is 0 Å². The number of aromatic nitrogens is 2. The summed E-state index contributed by atoms with van der Waals surface area (Å²) in [5.41, 5.74) is 4.28. The standard InChI is InChI=1S/C31H32ClN5OS/c1-35(21-24-9-4-2-5-10-24)29-20-28(32)33-31(34-29)39-23-26-13-8-14-27(19-26)30(38)37-17-15-36(16-18-37)22-25-11-6-3-7-12-25/h2-14,19-20H,15-18,21-23H2,1H3. The van der Waals surface area contributed by atoms with Crippen molar-refractivity contribution in [2.24, 2.45) is 0 Å². The first-order valence-electron chi connectivity index (χ1n) is 13.1. The zero-order valence-electron chi connectivity index (χ0n) is 22.0. The maximum atomic E-state index is 13.3. The smallest absolute Gasteiger partial charge is 0.253 e. The summed E-state index contributed by atoms with van der Waals surface area (Å²) in [6.07, 6.45) is 0. The molecule has 8 heteroatoms. The van der Waals surface area contributed by atoms with Gasteiger partial charge in [0.15, 0.2) is 5.16 Å². The van der Waals surface area contributed by atoms with Crippen LogP contribution in [0.15, 0.2) is 96.2 Å². The number of hydrogen-bond acceptors (Lipinski definition) is 6. The summed E-state index contributed by atoms with van der Waals surface area (Å²) < 4.78 is 0. The predicted octanol–water partition coefficient (Wildman–Crippen LogP) is 6.02. The van der Waals surface area contributed by atoms with E-state index in [1.807, 2.05) is 60.5 Å². The van der Waals surface area contributed by atoms with Gasteiger partial charge in [0.25, 0.3) is 5.91 Å². The Balaban J connectivity index is 1.17. The third-order valence-corrected chi connectivity index (χ3v) is 7.88. The van der Waals surface area contributed by atoms with Gasteiger partial charge in [0.1, 0.15) is 11.0 Å². The molecule has 1 fully saturated rings. The van der Waals surface area contributed by atoms with Crippen molar-refractivity contribution >= 4 is 35.1 Å². The van der Waals surface area contributed by atoms with Crippen molar-refractivity contribution in [2.45, 2.75) is 24.0 Å². The summed E-state index contributed by atoms with van der Waals surface area (Å²) in [7, 11) is 2.00. The van der Waals surface area contributed by atoms with E-state index in [2.05, 4.69) is 51.2 Å². The Morgan fingerprint density at radius 1 is 0.846 bits per heavy atom. The Bertz CT molecular complexity index is 1380. The van der Waals surface area contributed by atoms with Crippen molar-refractivity contribution < 1.29 is 4.79 Å². The Kier molecular flexibility index (Phi) is 9.14. The van der Waals surface area contributed by atoms with E-state index in [1.165, 1.54) is 22.9 Å². The van der Waals surface area contributed by atoms with Gasteiger partial charge in [-0.1, -0.05) is 96.2 Å². The van der Waals surface area contributed by atoms with Crippen LogP contribution in [0.4, 0.5) is 5.82 Å². The van der Waals surface area contributed by atoms with Crippen molar-refractivity contribution in [3.05, 3.63) is 118 Å². The number of carbonyl (C=O) groups excluding carboxylic acids is 1. The van der Waals surface area contributed by atoms with Gasteiger partial charge in [-0.2, -0.15) is 0 Å². The number of carbonyl (C=O) groups is 1. The lowest BCUT2D eigenvalue weighted by atomic mass is 10.1. The zero-order chi connectivity index (χ0) is 27.0. The third kappa shape index (κ3) is 7.60. The quantitative estimate of drug-likeness (QED) is 0.143. The topological polar surface area (TPSA) is 52.6 Å². The Labute approximate surface area is 239 Å². The molecule has 2 heterocycles. The van der Waals surface area contributed by atoms with E-state index in [0.717, 1.165) is 56.2 Å². The fraction of sp³-hybridized carbons (Fsp3) is 0.258. The molecule has 0 radical (unpaired) electrons.